The van der Waals surface area contributed by atoms with Crippen LogP contribution in [0.3, 0.4) is 0 Å². The maximum atomic E-state index is 5.89. The molecule has 0 aromatic heterocycles. The molecular weight excluding hydrogens is 258 g/mol. The molecule has 2 aliphatic rings. The van der Waals surface area contributed by atoms with E-state index in [1.165, 1.54) is 42.5 Å². The van der Waals surface area contributed by atoms with E-state index in [0.29, 0.717) is 12.1 Å². The van der Waals surface area contributed by atoms with Crippen LogP contribution in [0.5, 0.6) is 5.75 Å². The zero-order valence-corrected chi connectivity index (χ0v) is 12.2. The molecule has 1 saturated carbocycles. The van der Waals surface area contributed by atoms with Crippen molar-refractivity contribution < 1.29 is 4.74 Å². The van der Waals surface area contributed by atoms with Gasteiger partial charge in [-0.2, -0.15) is 0 Å². The lowest BCUT2D eigenvalue weighted by Crippen LogP contribution is -2.27. The molecular formula is C19H21NO. The molecule has 108 valence electrons. The smallest absolute Gasteiger partial charge is 0.119 e. The molecule has 21 heavy (non-hydrogen) atoms. The van der Waals surface area contributed by atoms with Crippen molar-refractivity contribution in [1.29, 1.82) is 0 Å². The van der Waals surface area contributed by atoms with Crippen LogP contribution in [0.25, 0.3) is 0 Å². The normalized spacial score (nSPS) is 20.5. The molecule has 0 radical (unpaired) electrons. The maximum Gasteiger partial charge on any atom is 0.119 e. The number of nitrogens with one attached hydrogen (secondary N) is 1. The van der Waals surface area contributed by atoms with Gasteiger partial charge in [0, 0.05) is 11.7 Å². The Kier molecular flexibility index (Phi) is 3.30. The minimum atomic E-state index is 0.472. The first kappa shape index (κ1) is 12.8. The molecule has 0 amide bonds. The highest BCUT2D eigenvalue weighted by Gasteiger charge is 2.23. The fraction of sp³-hybridized carbons (Fsp3) is 0.368. The average molecular weight is 279 g/mol. The second kappa shape index (κ2) is 5.44. The third-order valence-corrected chi connectivity index (χ3v) is 4.35. The molecule has 1 N–H and O–H groups in total. The Morgan fingerprint density at radius 1 is 1.00 bits per heavy atom. The second-order valence-electron chi connectivity index (χ2n) is 6.21. The van der Waals surface area contributed by atoms with E-state index in [0.717, 1.165) is 12.2 Å². The number of rotatable bonds is 4. The molecule has 1 fully saturated rings. The van der Waals surface area contributed by atoms with E-state index in [2.05, 4.69) is 53.8 Å². The van der Waals surface area contributed by atoms with Gasteiger partial charge in [-0.3, -0.25) is 0 Å². The van der Waals surface area contributed by atoms with E-state index < -0.39 is 0 Å². The number of benzene rings is 2. The molecule has 0 bridgehead atoms. The zero-order chi connectivity index (χ0) is 14.1. The van der Waals surface area contributed by atoms with Crippen LogP contribution in [0.2, 0.25) is 0 Å². The maximum absolute atomic E-state index is 5.89. The van der Waals surface area contributed by atoms with Gasteiger partial charge in [0.1, 0.15) is 5.75 Å². The number of fused-ring (bicyclic) bond motifs is 1. The highest BCUT2D eigenvalue weighted by Crippen LogP contribution is 2.29. The molecule has 2 heteroatoms. The van der Waals surface area contributed by atoms with Gasteiger partial charge in [-0.05, 0) is 61.4 Å². The first-order valence-corrected chi connectivity index (χ1v) is 7.97. The molecule has 1 atom stereocenters. The van der Waals surface area contributed by atoms with Crippen molar-refractivity contribution >= 4 is 5.69 Å². The summed E-state index contributed by atoms with van der Waals surface area (Å²) in [7, 11) is 0. The number of para-hydroxylation sites is 1. The molecule has 2 nitrogen and oxygen atoms in total. The molecule has 1 aliphatic heterocycles. The number of hydrogen-bond acceptors (Lipinski definition) is 2. The van der Waals surface area contributed by atoms with Crippen LogP contribution in [0.15, 0.2) is 48.5 Å². The van der Waals surface area contributed by atoms with Crippen molar-refractivity contribution in [2.75, 3.05) is 5.32 Å². The van der Waals surface area contributed by atoms with Crippen molar-refractivity contribution in [3.8, 4) is 5.75 Å². The molecule has 0 saturated heterocycles. The van der Waals surface area contributed by atoms with Crippen LogP contribution in [0.4, 0.5) is 5.69 Å². The predicted octanol–water partition coefficient (Wildman–Crippen LogP) is 4.20. The van der Waals surface area contributed by atoms with E-state index >= 15 is 0 Å². The zero-order valence-electron chi connectivity index (χ0n) is 12.2. The Hall–Kier alpha value is -1.96. The number of anilines is 1. The van der Waals surface area contributed by atoms with Crippen LogP contribution < -0.4 is 10.1 Å². The van der Waals surface area contributed by atoms with Crippen LogP contribution in [0.1, 0.15) is 30.4 Å². The molecule has 1 heterocycles. The largest absolute Gasteiger partial charge is 0.490 e. The van der Waals surface area contributed by atoms with Gasteiger partial charge < -0.3 is 10.1 Å². The topological polar surface area (TPSA) is 21.3 Å². The Balaban J connectivity index is 1.44. The van der Waals surface area contributed by atoms with Crippen molar-refractivity contribution in [3.05, 3.63) is 59.7 Å². The Labute approximate surface area is 126 Å². The van der Waals surface area contributed by atoms with Crippen molar-refractivity contribution in [2.45, 2.75) is 44.2 Å². The molecule has 4 rings (SSSR count). The van der Waals surface area contributed by atoms with Gasteiger partial charge in [0.2, 0.25) is 0 Å². The fourth-order valence-corrected chi connectivity index (χ4v) is 3.06. The summed E-state index contributed by atoms with van der Waals surface area (Å²) in [6.07, 6.45) is 6.34. The molecule has 2 aromatic rings. The quantitative estimate of drug-likeness (QED) is 0.905. The van der Waals surface area contributed by atoms with Gasteiger partial charge in [0.25, 0.3) is 0 Å². The van der Waals surface area contributed by atoms with Crippen molar-refractivity contribution in [1.82, 2.24) is 0 Å². The van der Waals surface area contributed by atoms with Gasteiger partial charge in [-0.25, -0.2) is 0 Å². The van der Waals surface area contributed by atoms with E-state index in [1.54, 1.807) is 0 Å². The molecule has 2 aromatic carbocycles. The predicted molar refractivity (Wildman–Crippen MR) is 86.0 cm³/mol. The van der Waals surface area contributed by atoms with Crippen molar-refractivity contribution in [2.24, 2.45) is 0 Å². The Bertz CT molecular complexity index is 633. The summed E-state index contributed by atoms with van der Waals surface area (Å²) in [4.78, 5) is 0. The third kappa shape index (κ3) is 3.05. The van der Waals surface area contributed by atoms with E-state index in [-0.39, 0.29) is 0 Å². The first-order valence-electron chi connectivity index (χ1n) is 7.97. The monoisotopic (exact) mass is 279 g/mol. The lowest BCUT2D eigenvalue weighted by molar-refractivity contribution is 0.303. The number of aryl methyl sites for hydroxylation is 1. The summed E-state index contributed by atoms with van der Waals surface area (Å²) in [5.74, 6) is 1.03. The first-order chi connectivity index (χ1) is 10.4. The second-order valence-corrected chi connectivity index (χ2v) is 6.21. The summed E-state index contributed by atoms with van der Waals surface area (Å²) in [5, 5.41) is 3.68. The fourth-order valence-electron chi connectivity index (χ4n) is 3.06. The van der Waals surface area contributed by atoms with Gasteiger partial charge in [0.05, 0.1) is 6.10 Å². The number of hydrogen-bond donors (Lipinski definition) is 1. The summed E-state index contributed by atoms with van der Waals surface area (Å²) in [6.45, 7) is 0. The Morgan fingerprint density at radius 2 is 1.90 bits per heavy atom. The number of ether oxygens (including phenoxy) is 1. The van der Waals surface area contributed by atoms with Gasteiger partial charge >= 0.3 is 0 Å². The minimum absolute atomic E-state index is 0.472. The van der Waals surface area contributed by atoms with E-state index in [1.807, 2.05) is 0 Å². The Morgan fingerprint density at radius 3 is 2.81 bits per heavy atom. The minimum Gasteiger partial charge on any atom is -0.490 e. The van der Waals surface area contributed by atoms with Gasteiger partial charge in [0.15, 0.2) is 0 Å². The van der Waals surface area contributed by atoms with Crippen LogP contribution >= 0.6 is 0 Å². The van der Waals surface area contributed by atoms with Gasteiger partial charge in [-0.1, -0.05) is 30.3 Å². The van der Waals surface area contributed by atoms with Crippen LogP contribution in [0, 0.1) is 0 Å². The lowest BCUT2D eigenvalue weighted by atomic mass is 9.94. The van der Waals surface area contributed by atoms with Crippen LogP contribution in [-0.4, -0.2) is 12.1 Å². The SMILES string of the molecule is c1cc(CC2CCc3ccccc3N2)cc(OC2CC2)c1. The van der Waals surface area contributed by atoms with Crippen LogP contribution in [-0.2, 0) is 12.8 Å². The summed E-state index contributed by atoms with van der Waals surface area (Å²) in [6, 6.07) is 17.8. The third-order valence-electron chi connectivity index (χ3n) is 4.35. The molecule has 1 aliphatic carbocycles. The molecule has 1 unspecified atom stereocenters. The van der Waals surface area contributed by atoms with E-state index in [4.69, 9.17) is 4.74 Å². The summed E-state index contributed by atoms with van der Waals surface area (Å²) >= 11 is 0. The highest BCUT2D eigenvalue weighted by atomic mass is 16.5. The summed E-state index contributed by atoms with van der Waals surface area (Å²) < 4.78 is 5.89. The van der Waals surface area contributed by atoms with Gasteiger partial charge in [-0.15, -0.1) is 0 Å². The standard InChI is InChI=1S/C19H21NO/c1-2-7-19-15(5-1)8-9-16(20-19)12-14-4-3-6-18(13-14)21-17-10-11-17/h1-7,13,16-17,20H,8-12H2. The molecule has 0 spiro atoms. The summed E-state index contributed by atoms with van der Waals surface area (Å²) in [5.41, 5.74) is 4.11. The average Bonchev–Trinajstić information content (AvgIpc) is 3.31. The lowest BCUT2D eigenvalue weighted by Gasteiger charge is -2.27. The van der Waals surface area contributed by atoms with Crippen molar-refractivity contribution in [3.63, 3.8) is 0 Å². The van der Waals surface area contributed by atoms with E-state index in [9.17, 15) is 0 Å². The highest BCUT2D eigenvalue weighted by molar-refractivity contribution is 5.54.